The number of amides is 1. The van der Waals surface area contributed by atoms with Gasteiger partial charge in [0.05, 0.1) is 6.54 Å². The first-order valence-electron chi connectivity index (χ1n) is 9.29. The maximum Gasteiger partial charge on any atom is 0.222 e. The summed E-state index contributed by atoms with van der Waals surface area (Å²) in [6, 6.07) is 12.5. The molecule has 0 aliphatic carbocycles. The lowest BCUT2D eigenvalue weighted by Gasteiger charge is -2.24. The highest BCUT2D eigenvalue weighted by Gasteiger charge is 2.15. The molecule has 0 N–H and O–H groups in total. The predicted octanol–water partition coefficient (Wildman–Crippen LogP) is 4.85. The molecule has 0 saturated carbocycles. The Kier molecular flexibility index (Phi) is 8.92. The molecule has 142 valence electrons. The van der Waals surface area contributed by atoms with Crippen molar-refractivity contribution in [2.24, 2.45) is 0 Å². The van der Waals surface area contributed by atoms with Crippen LogP contribution in [0.25, 0.3) is 0 Å². The molecular weight excluding hydrogens is 392 g/mol. The molecule has 1 heterocycles. The van der Waals surface area contributed by atoms with Gasteiger partial charge >= 0.3 is 0 Å². The Hall–Kier alpha value is -1.59. The molecule has 2 rings (SSSR count). The molecule has 0 spiro atoms. The molecular formula is C21H29BrN2O2. The third-order valence-corrected chi connectivity index (χ3v) is 4.94. The van der Waals surface area contributed by atoms with Gasteiger partial charge in [-0.25, -0.2) is 0 Å². The van der Waals surface area contributed by atoms with E-state index in [1.54, 1.807) is 7.11 Å². The zero-order valence-electron chi connectivity index (χ0n) is 15.8. The molecule has 0 unspecified atom stereocenters. The van der Waals surface area contributed by atoms with E-state index in [2.05, 4.69) is 70.0 Å². The lowest BCUT2D eigenvalue weighted by Crippen LogP contribution is -2.32. The van der Waals surface area contributed by atoms with E-state index < -0.39 is 0 Å². The monoisotopic (exact) mass is 420 g/mol. The molecule has 26 heavy (non-hydrogen) atoms. The highest BCUT2D eigenvalue weighted by molar-refractivity contribution is 9.10. The second-order valence-electron chi connectivity index (χ2n) is 6.52. The van der Waals surface area contributed by atoms with Crippen molar-refractivity contribution >= 4 is 21.8 Å². The number of nitrogens with zero attached hydrogens (tertiary/aromatic N) is 2. The van der Waals surface area contributed by atoms with Crippen molar-refractivity contribution in [2.45, 2.75) is 45.7 Å². The summed E-state index contributed by atoms with van der Waals surface area (Å²) in [4.78, 5) is 14.6. The third kappa shape index (κ3) is 6.61. The lowest BCUT2D eigenvalue weighted by atomic mass is 10.2. The Morgan fingerprint density at radius 2 is 1.96 bits per heavy atom. The number of hydrogen-bond donors (Lipinski definition) is 0. The van der Waals surface area contributed by atoms with Crippen LogP contribution in [0.1, 0.15) is 43.9 Å². The topological polar surface area (TPSA) is 34.5 Å². The van der Waals surface area contributed by atoms with Crippen molar-refractivity contribution in [1.29, 1.82) is 0 Å². The minimum atomic E-state index is 0.236. The van der Waals surface area contributed by atoms with E-state index in [-0.39, 0.29) is 5.91 Å². The van der Waals surface area contributed by atoms with Gasteiger partial charge in [0.1, 0.15) is 0 Å². The van der Waals surface area contributed by atoms with Crippen LogP contribution in [0.3, 0.4) is 0 Å². The van der Waals surface area contributed by atoms with Gasteiger partial charge in [-0.15, -0.1) is 0 Å². The summed E-state index contributed by atoms with van der Waals surface area (Å²) in [5.74, 6) is 0.236. The summed E-state index contributed by atoms with van der Waals surface area (Å²) in [5, 5.41) is 0. The highest BCUT2D eigenvalue weighted by Crippen LogP contribution is 2.15. The first-order chi connectivity index (χ1) is 12.6. The normalized spacial score (nSPS) is 10.9. The molecule has 0 aliphatic rings. The van der Waals surface area contributed by atoms with E-state index in [4.69, 9.17) is 4.74 Å². The van der Waals surface area contributed by atoms with Gasteiger partial charge < -0.3 is 14.2 Å². The lowest BCUT2D eigenvalue weighted by molar-refractivity contribution is -0.132. The fraction of sp³-hybridized carbons (Fsp3) is 0.476. The second kappa shape index (κ2) is 11.2. The van der Waals surface area contributed by atoms with E-state index in [0.717, 1.165) is 42.5 Å². The largest absolute Gasteiger partial charge is 0.385 e. The fourth-order valence-corrected chi connectivity index (χ4v) is 3.17. The van der Waals surface area contributed by atoms with Gasteiger partial charge in [-0.2, -0.15) is 0 Å². The first-order valence-corrected chi connectivity index (χ1v) is 10.1. The molecule has 0 atom stereocenters. The average molecular weight is 421 g/mol. The number of hydrogen-bond acceptors (Lipinski definition) is 2. The Labute approximate surface area is 165 Å². The van der Waals surface area contributed by atoms with Crippen LogP contribution >= 0.6 is 15.9 Å². The molecule has 4 nitrogen and oxygen atoms in total. The number of carbonyl (C=O) groups is 1. The van der Waals surface area contributed by atoms with Crippen LogP contribution in [-0.2, 0) is 22.6 Å². The molecule has 0 radical (unpaired) electrons. The summed E-state index contributed by atoms with van der Waals surface area (Å²) in [6.07, 6.45) is 5.55. The zero-order chi connectivity index (χ0) is 18.8. The van der Waals surface area contributed by atoms with Gasteiger partial charge in [0.25, 0.3) is 0 Å². The van der Waals surface area contributed by atoms with Crippen LogP contribution in [-0.4, -0.2) is 35.6 Å². The number of ether oxygens (including phenoxy) is 1. The van der Waals surface area contributed by atoms with E-state index in [9.17, 15) is 4.79 Å². The summed E-state index contributed by atoms with van der Waals surface area (Å²) in [5.41, 5.74) is 2.41. The van der Waals surface area contributed by atoms with Gasteiger partial charge in [-0.1, -0.05) is 41.4 Å². The summed E-state index contributed by atoms with van der Waals surface area (Å²) < 4.78 is 8.46. The summed E-state index contributed by atoms with van der Waals surface area (Å²) >= 11 is 3.48. The number of aromatic nitrogens is 1. The maximum atomic E-state index is 12.6. The summed E-state index contributed by atoms with van der Waals surface area (Å²) in [6.45, 7) is 4.99. The molecule has 1 aromatic heterocycles. The molecule has 2 aromatic rings. The number of unbranched alkanes of at least 4 members (excludes halogenated alkanes) is 1. The SMILES string of the molecule is CCCCC(=O)N(CCCOC)Cc1cccn1Cc1ccc(Br)cc1. The minimum Gasteiger partial charge on any atom is -0.385 e. The second-order valence-corrected chi connectivity index (χ2v) is 7.43. The molecule has 1 amide bonds. The number of carbonyl (C=O) groups excluding carboxylic acids is 1. The van der Waals surface area contributed by atoms with Crippen LogP contribution < -0.4 is 0 Å². The Bertz CT molecular complexity index is 667. The van der Waals surface area contributed by atoms with Crippen molar-refractivity contribution in [3.63, 3.8) is 0 Å². The average Bonchev–Trinajstić information content (AvgIpc) is 3.07. The van der Waals surface area contributed by atoms with Crippen LogP contribution in [0.4, 0.5) is 0 Å². The molecule has 0 aliphatic heterocycles. The summed E-state index contributed by atoms with van der Waals surface area (Å²) in [7, 11) is 1.70. The van der Waals surface area contributed by atoms with E-state index in [1.807, 2.05) is 4.90 Å². The van der Waals surface area contributed by atoms with Crippen molar-refractivity contribution in [2.75, 3.05) is 20.3 Å². The van der Waals surface area contributed by atoms with Gasteiger partial charge in [0.15, 0.2) is 0 Å². The zero-order valence-corrected chi connectivity index (χ0v) is 17.4. The maximum absolute atomic E-state index is 12.6. The predicted molar refractivity (Wildman–Crippen MR) is 109 cm³/mol. The standard InChI is InChI=1S/C21H29BrN2O2/c1-3-4-8-21(25)24(14-6-15-26-2)17-20-7-5-13-23(20)16-18-9-11-19(22)12-10-18/h5,7,9-13H,3-4,6,8,14-17H2,1-2H3. The fourth-order valence-electron chi connectivity index (χ4n) is 2.91. The Morgan fingerprint density at radius 3 is 2.65 bits per heavy atom. The quantitative estimate of drug-likeness (QED) is 0.486. The first kappa shape index (κ1) is 20.7. The third-order valence-electron chi connectivity index (χ3n) is 4.42. The number of halogens is 1. The van der Waals surface area contributed by atoms with Crippen molar-refractivity contribution < 1.29 is 9.53 Å². The van der Waals surface area contributed by atoms with Crippen LogP contribution in [0.2, 0.25) is 0 Å². The van der Waals surface area contributed by atoms with E-state index >= 15 is 0 Å². The smallest absolute Gasteiger partial charge is 0.222 e. The molecule has 0 saturated heterocycles. The van der Waals surface area contributed by atoms with Crippen molar-refractivity contribution in [3.8, 4) is 0 Å². The van der Waals surface area contributed by atoms with Gasteiger partial charge in [-0.05, 0) is 42.7 Å². The molecule has 0 fully saturated rings. The number of methoxy groups -OCH3 is 1. The van der Waals surface area contributed by atoms with Gasteiger partial charge in [0.2, 0.25) is 5.91 Å². The van der Waals surface area contributed by atoms with Crippen LogP contribution in [0.15, 0.2) is 47.1 Å². The van der Waals surface area contributed by atoms with E-state index in [0.29, 0.717) is 19.6 Å². The number of rotatable bonds is 11. The van der Waals surface area contributed by atoms with Crippen molar-refractivity contribution in [1.82, 2.24) is 9.47 Å². The van der Waals surface area contributed by atoms with Gasteiger partial charge in [0, 0.05) is 49.6 Å². The van der Waals surface area contributed by atoms with Crippen LogP contribution in [0, 0.1) is 0 Å². The van der Waals surface area contributed by atoms with Gasteiger partial charge in [-0.3, -0.25) is 4.79 Å². The Morgan fingerprint density at radius 1 is 1.19 bits per heavy atom. The Balaban J connectivity index is 2.05. The molecule has 5 heteroatoms. The van der Waals surface area contributed by atoms with Crippen LogP contribution in [0.5, 0.6) is 0 Å². The van der Waals surface area contributed by atoms with E-state index in [1.165, 1.54) is 5.56 Å². The highest BCUT2D eigenvalue weighted by atomic mass is 79.9. The molecule has 0 bridgehead atoms. The molecule has 1 aromatic carbocycles. The van der Waals surface area contributed by atoms with Crippen molar-refractivity contribution in [3.05, 3.63) is 58.3 Å². The number of benzene rings is 1. The minimum absolute atomic E-state index is 0.236.